The Kier molecular flexibility index (Phi) is 8.53. The van der Waals surface area contributed by atoms with Crippen LogP contribution in [0.1, 0.15) is 40.0 Å². The molecular weight excluding hydrogens is 330 g/mol. The Morgan fingerprint density at radius 3 is 2.62 bits per heavy atom. The molecule has 0 saturated heterocycles. The number of halogens is 1. The first-order chi connectivity index (χ1) is 11.4. The summed E-state index contributed by atoms with van der Waals surface area (Å²) in [6.45, 7) is 6.24. The van der Waals surface area contributed by atoms with Crippen LogP contribution in [0.15, 0.2) is 18.2 Å². The summed E-state index contributed by atoms with van der Waals surface area (Å²) < 4.78 is 16.2. The van der Waals surface area contributed by atoms with Gasteiger partial charge in [-0.2, -0.15) is 0 Å². The van der Waals surface area contributed by atoms with Gasteiger partial charge in [-0.3, -0.25) is 4.79 Å². The number of anilines is 1. The number of ether oxygens (including phenoxy) is 3. The van der Waals surface area contributed by atoms with Gasteiger partial charge in [0.2, 0.25) is 0 Å². The maximum Gasteiger partial charge on any atom is 0.256 e. The molecule has 2 unspecified atom stereocenters. The molecule has 0 heterocycles. The molecule has 6 heteroatoms. The predicted molar refractivity (Wildman–Crippen MR) is 97.0 cm³/mol. The third kappa shape index (κ3) is 5.96. The summed E-state index contributed by atoms with van der Waals surface area (Å²) in [6, 6.07) is 5.17. The van der Waals surface area contributed by atoms with Gasteiger partial charge in [0, 0.05) is 19.9 Å². The molecule has 0 fully saturated rings. The quantitative estimate of drug-likeness (QED) is 0.678. The number of hydrogen-bond acceptors (Lipinski definition) is 4. The fourth-order valence-corrected chi connectivity index (χ4v) is 2.47. The second kappa shape index (κ2) is 9.87. The van der Waals surface area contributed by atoms with Crippen molar-refractivity contribution < 1.29 is 19.0 Å². The molecule has 1 rings (SSSR count). The first-order valence-corrected chi connectivity index (χ1v) is 8.55. The van der Waals surface area contributed by atoms with Crippen LogP contribution in [0.25, 0.3) is 0 Å². The molecule has 136 valence electrons. The van der Waals surface area contributed by atoms with Crippen molar-refractivity contribution >= 4 is 23.2 Å². The molecule has 1 aromatic rings. The van der Waals surface area contributed by atoms with Gasteiger partial charge in [-0.05, 0) is 38.5 Å². The molecule has 1 amide bonds. The average Bonchev–Trinajstić information content (AvgIpc) is 2.55. The van der Waals surface area contributed by atoms with Crippen molar-refractivity contribution in [3.8, 4) is 5.75 Å². The number of unbranched alkanes of at least 4 members (excludes halogenated alkanes) is 1. The van der Waals surface area contributed by atoms with Crippen molar-refractivity contribution in [3.05, 3.63) is 23.2 Å². The number of carbonyl (C=O) groups is 1. The normalized spacial score (nSPS) is 14.8. The second-order valence-electron chi connectivity index (χ2n) is 6.02. The number of carbonyl (C=O) groups excluding carboxylic acids is 1. The zero-order valence-corrected chi connectivity index (χ0v) is 15.9. The molecule has 0 aliphatic rings. The van der Waals surface area contributed by atoms with Crippen LogP contribution in [0.4, 0.5) is 5.69 Å². The summed E-state index contributed by atoms with van der Waals surface area (Å²) in [5, 5.41) is 3.29. The molecule has 2 atom stereocenters. The lowest BCUT2D eigenvalue weighted by atomic mass is 9.97. The largest absolute Gasteiger partial charge is 0.487 e. The summed E-state index contributed by atoms with van der Waals surface area (Å²) in [5.41, 5.74) is -0.249. The fraction of sp³-hybridized carbons (Fsp3) is 0.611. The van der Waals surface area contributed by atoms with Gasteiger partial charge < -0.3 is 19.5 Å². The van der Waals surface area contributed by atoms with E-state index in [1.807, 2.05) is 6.92 Å². The minimum Gasteiger partial charge on any atom is -0.487 e. The van der Waals surface area contributed by atoms with Gasteiger partial charge in [-0.1, -0.05) is 31.4 Å². The minimum absolute atomic E-state index is 0.112. The van der Waals surface area contributed by atoms with Crippen LogP contribution in [0.2, 0.25) is 5.02 Å². The number of methoxy groups -OCH3 is 2. The van der Waals surface area contributed by atoms with Crippen LogP contribution in [0, 0.1) is 0 Å². The average molecular weight is 358 g/mol. The predicted octanol–water partition coefficient (Wildman–Crippen LogP) is 4.29. The van der Waals surface area contributed by atoms with Crippen LogP contribution in [0.5, 0.6) is 5.75 Å². The number of amides is 1. The third-order valence-electron chi connectivity index (χ3n) is 3.86. The van der Waals surface area contributed by atoms with E-state index in [0.717, 1.165) is 12.8 Å². The van der Waals surface area contributed by atoms with Gasteiger partial charge in [-0.15, -0.1) is 0 Å². The van der Waals surface area contributed by atoms with Crippen LogP contribution in [0.3, 0.4) is 0 Å². The third-order valence-corrected chi connectivity index (χ3v) is 4.15. The Labute approximate surface area is 149 Å². The molecule has 0 aliphatic heterocycles. The van der Waals surface area contributed by atoms with Crippen molar-refractivity contribution in [2.24, 2.45) is 0 Å². The van der Waals surface area contributed by atoms with Crippen LogP contribution >= 0.6 is 11.6 Å². The van der Waals surface area contributed by atoms with Gasteiger partial charge in [0.15, 0.2) is 0 Å². The molecule has 0 spiro atoms. The Hall–Kier alpha value is -1.30. The van der Waals surface area contributed by atoms with E-state index in [-0.39, 0.29) is 12.0 Å². The lowest BCUT2D eigenvalue weighted by Crippen LogP contribution is -2.41. The minimum atomic E-state index is -0.857. The van der Waals surface area contributed by atoms with Gasteiger partial charge >= 0.3 is 0 Å². The van der Waals surface area contributed by atoms with Gasteiger partial charge in [0.1, 0.15) is 17.5 Å². The van der Waals surface area contributed by atoms with E-state index in [1.54, 1.807) is 39.3 Å². The number of nitrogens with one attached hydrogen (secondary N) is 1. The maximum absolute atomic E-state index is 12.5. The zero-order chi connectivity index (χ0) is 18.2. The first kappa shape index (κ1) is 20.7. The Bertz CT molecular complexity index is 538. The molecule has 24 heavy (non-hydrogen) atoms. The standard InChI is InChI=1S/C18H28ClNO4/c1-6-7-10-18(3,23-5)17(21)20-14-8-9-16(15(19)11-14)24-13(2)12-22-4/h8-9,11,13H,6-7,10,12H2,1-5H3,(H,20,21). The van der Waals surface area contributed by atoms with E-state index in [9.17, 15) is 4.79 Å². The molecule has 0 saturated carbocycles. The van der Waals surface area contributed by atoms with Crippen molar-refractivity contribution in [2.75, 3.05) is 26.1 Å². The summed E-state index contributed by atoms with van der Waals surface area (Å²) in [5.74, 6) is 0.371. The summed E-state index contributed by atoms with van der Waals surface area (Å²) >= 11 is 6.24. The van der Waals surface area contributed by atoms with Gasteiger partial charge in [0.25, 0.3) is 5.91 Å². The van der Waals surface area contributed by atoms with Crippen molar-refractivity contribution in [1.29, 1.82) is 0 Å². The van der Waals surface area contributed by atoms with E-state index in [2.05, 4.69) is 12.2 Å². The van der Waals surface area contributed by atoms with Crippen LogP contribution in [-0.2, 0) is 14.3 Å². The summed E-state index contributed by atoms with van der Waals surface area (Å²) in [7, 11) is 3.17. The highest BCUT2D eigenvalue weighted by atomic mass is 35.5. The molecule has 1 aromatic carbocycles. The Morgan fingerprint density at radius 1 is 1.38 bits per heavy atom. The smallest absolute Gasteiger partial charge is 0.256 e. The van der Waals surface area contributed by atoms with Gasteiger partial charge in [-0.25, -0.2) is 0 Å². The van der Waals surface area contributed by atoms with Crippen LogP contribution in [-0.4, -0.2) is 38.4 Å². The number of benzene rings is 1. The van der Waals surface area contributed by atoms with E-state index >= 15 is 0 Å². The van der Waals surface area contributed by atoms with Crippen molar-refractivity contribution in [3.63, 3.8) is 0 Å². The first-order valence-electron chi connectivity index (χ1n) is 8.18. The topological polar surface area (TPSA) is 56.8 Å². The molecular formula is C18H28ClNO4. The van der Waals surface area contributed by atoms with E-state index in [0.29, 0.717) is 29.5 Å². The SMILES string of the molecule is CCCCC(C)(OC)C(=O)Nc1ccc(OC(C)COC)c(Cl)c1. The van der Waals surface area contributed by atoms with E-state index in [1.165, 1.54) is 0 Å². The summed E-state index contributed by atoms with van der Waals surface area (Å²) in [4.78, 5) is 12.5. The highest BCUT2D eigenvalue weighted by Crippen LogP contribution is 2.29. The van der Waals surface area contributed by atoms with Crippen molar-refractivity contribution in [1.82, 2.24) is 0 Å². The molecule has 0 radical (unpaired) electrons. The monoisotopic (exact) mass is 357 g/mol. The molecule has 1 N–H and O–H groups in total. The highest BCUT2D eigenvalue weighted by Gasteiger charge is 2.32. The van der Waals surface area contributed by atoms with E-state index in [4.69, 9.17) is 25.8 Å². The Morgan fingerprint density at radius 2 is 2.08 bits per heavy atom. The van der Waals surface area contributed by atoms with E-state index < -0.39 is 5.60 Å². The van der Waals surface area contributed by atoms with Crippen LogP contribution < -0.4 is 10.1 Å². The second-order valence-corrected chi connectivity index (χ2v) is 6.43. The zero-order valence-electron chi connectivity index (χ0n) is 15.1. The maximum atomic E-state index is 12.5. The summed E-state index contributed by atoms with van der Waals surface area (Å²) in [6.07, 6.45) is 2.47. The lowest BCUT2D eigenvalue weighted by molar-refractivity contribution is -0.136. The number of hydrogen-bond donors (Lipinski definition) is 1. The molecule has 0 aromatic heterocycles. The number of rotatable bonds is 10. The Balaban J connectivity index is 2.78. The molecule has 5 nitrogen and oxygen atoms in total. The molecule has 0 bridgehead atoms. The van der Waals surface area contributed by atoms with Crippen molar-refractivity contribution in [2.45, 2.75) is 51.7 Å². The highest BCUT2D eigenvalue weighted by molar-refractivity contribution is 6.32. The fourth-order valence-electron chi connectivity index (χ4n) is 2.25. The van der Waals surface area contributed by atoms with Gasteiger partial charge in [0.05, 0.1) is 11.6 Å². The molecule has 0 aliphatic carbocycles. The lowest BCUT2D eigenvalue weighted by Gasteiger charge is -2.27.